The summed E-state index contributed by atoms with van der Waals surface area (Å²) >= 11 is 0. The molecule has 1 saturated heterocycles. The maximum Gasteiger partial charge on any atom is 0.168 e. The van der Waals surface area contributed by atoms with Crippen LogP contribution in [0.5, 0.6) is 0 Å². The van der Waals surface area contributed by atoms with Crippen molar-refractivity contribution in [2.45, 2.75) is 37.4 Å². The summed E-state index contributed by atoms with van der Waals surface area (Å²) in [5.41, 5.74) is 7.71. The monoisotopic (exact) mass is 223 g/mol. The molecule has 1 aliphatic heterocycles. The van der Waals surface area contributed by atoms with E-state index in [4.69, 9.17) is 15.2 Å². The zero-order valence-corrected chi connectivity index (χ0v) is 9.24. The Kier molecular flexibility index (Phi) is 2.37. The standard InChI is InChI=1S/C11H17N3O2/c12-9-7-13-14-10(9)8-1-3-11(4-2-8)15-5-6-16-11/h7-8H,1-6,12H2,(H,13,14). The first-order valence-electron chi connectivity index (χ1n) is 5.86. The fraction of sp³-hybridized carbons (Fsp3) is 0.727. The van der Waals surface area contributed by atoms with Gasteiger partial charge in [0, 0.05) is 18.8 Å². The van der Waals surface area contributed by atoms with E-state index in [0.717, 1.165) is 50.3 Å². The largest absolute Gasteiger partial charge is 0.396 e. The van der Waals surface area contributed by atoms with Crippen LogP contribution in [-0.2, 0) is 9.47 Å². The van der Waals surface area contributed by atoms with E-state index in [1.807, 2.05) is 0 Å². The Balaban J connectivity index is 1.68. The SMILES string of the molecule is Nc1cn[nH]c1C1CCC2(CC1)OCCO2. The highest BCUT2D eigenvalue weighted by Crippen LogP contribution is 2.42. The molecule has 88 valence electrons. The number of nitrogens with two attached hydrogens (primary N) is 1. The van der Waals surface area contributed by atoms with Gasteiger partial charge in [-0.1, -0.05) is 0 Å². The van der Waals surface area contributed by atoms with E-state index in [-0.39, 0.29) is 5.79 Å². The Labute approximate surface area is 94.3 Å². The van der Waals surface area contributed by atoms with Gasteiger partial charge >= 0.3 is 0 Å². The molecule has 16 heavy (non-hydrogen) atoms. The minimum absolute atomic E-state index is 0.286. The third kappa shape index (κ3) is 1.60. The van der Waals surface area contributed by atoms with Gasteiger partial charge in [-0.2, -0.15) is 5.10 Å². The second kappa shape index (κ2) is 3.75. The van der Waals surface area contributed by atoms with Crippen molar-refractivity contribution in [3.05, 3.63) is 11.9 Å². The molecule has 1 aromatic rings. The minimum Gasteiger partial charge on any atom is -0.396 e. The molecule has 1 aliphatic carbocycles. The smallest absolute Gasteiger partial charge is 0.168 e. The number of rotatable bonds is 1. The second-order valence-corrected chi connectivity index (χ2v) is 4.62. The van der Waals surface area contributed by atoms with Gasteiger partial charge in [0.1, 0.15) is 0 Å². The van der Waals surface area contributed by atoms with Gasteiger partial charge in [0.15, 0.2) is 5.79 Å². The summed E-state index contributed by atoms with van der Waals surface area (Å²) in [4.78, 5) is 0. The molecule has 0 radical (unpaired) electrons. The van der Waals surface area contributed by atoms with Crippen LogP contribution in [0, 0.1) is 0 Å². The summed E-state index contributed by atoms with van der Waals surface area (Å²) in [5, 5.41) is 6.97. The number of nitrogens with one attached hydrogen (secondary N) is 1. The second-order valence-electron chi connectivity index (χ2n) is 4.62. The first-order valence-corrected chi connectivity index (χ1v) is 5.86. The van der Waals surface area contributed by atoms with E-state index in [1.54, 1.807) is 6.20 Å². The van der Waals surface area contributed by atoms with Crippen LogP contribution in [0.2, 0.25) is 0 Å². The topological polar surface area (TPSA) is 73.2 Å². The van der Waals surface area contributed by atoms with Crippen LogP contribution in [0.15, 0.2) is 6.20 Å². The van der Waals surface area contributed by atoms with Gasteiger partial charge in [-0.15, -0.1) is 0 Å². The van der Waals surface area contributed by atoms with Crippen molar-refractivity contribution < 1.29 is 9.47 Å². The van der Waals surface area contributed by atoms with Crippen molar-refractivity contribution in [2.75, 3.05) is 18.9 Å². The van der Waals surface area contributed by atoms with Gasteiger partial charge in [0.05, 0.1) is 30.8 Å². The van der Waals surface area contributed by atoms with Crippen molar-refractivity contribution in [1.82, 2.24) is 10.2 Å². The summed E-state index contributed by atoms with van der Waals surface area (Å²) in [6, 6.07) is 0. The predicted octanol–water partition coefficient (Wildman–Crippen LogP) is 1.39. The molecule has 0 amide bonds. The lowest BCUT2D eigenvalue weighted by Gasteiger charge is -2.35. The maximum atomic E-state index is 5.86. The lowest BCUT2D eigenvalue weighted by atomic mass is 9.83. The molecule has 0 atom stereocenters. The Morgan fingerprint density at radius 3 is 2.56 bits per heavy atom. The van der Waals surface area contributed by atoms with E-state index >= 15 is 0 Å². The molecule has 0 bridgehead atoms. The van der Waals surface area contributed by atoms with Gasteiger partial charge in [-0.25, -0.2) is 0 Å². The number of nitrogens with zero attached hydrogens (tertiary/aromatic N) is 1. The van der Waals surface area contributed by atoms with Crippen LogP contribution >= 0.6 is 0 Å². The fourth-order valence-corrected chi connectivity index (χ4v) is 2.76. The molecular formula is C11H17N3O2. The Hall–Kier alpha value is -1.07. The van der Waals surface area contributed by atoms with Crippen molar-refractivity contribution in [1.29, 1.82) is 0 Å². The van der Waals surface area contributed by atoms with Crippen LogP contribution in [0.1, 0.15) is 37.3 Å². The molecule has 1 spiro atoms. The van der Waals surface area contributed by atoms with E-state index in [2.05, 4.69) is 10.2 Å². The lowest BCUT2D eigenvalue weighted by molar-refractivity contribution is -0.178. The van der Waals surface area contributed by atoms with Crippen LogP contribution in [0.4, 0.5) is 5.69 Å². The van der Waals surface area contributed by atoms with Crippen molar-refractivity contribution in [3.8, 4) is 0 Å². The number of hydrogen-bond donors (Lipinski definition) is 2. The highest BCUT2D eigenvalue weighted by molar-refractivity contribution is 5.42. The molecule has 0 unspecified atom stereocenters. The summed E-state index contributed by atoms with van der Waals surface area (Å²) in [6.07, 6.45) is 5.69. The number of hydrogen-bond acceptors (Lipinski definition) is 4. The van der Waals surface area contributed by atoms with Crippen LogP contribution in [-0.4, -0.2) is 29.2 Å². The number of aromatic nitrogens is 2. The molecule has 1 saturated carbocycles. The number of anilines is 1. The zero-order chi connectivity index (χ0) is 11.0. The van der Waals surface area contributed by atoms with Crippen LogP contribution in [0.25, 0.3) is 0 Å². The normalized spacial score (nSPS) is 25.2. The van der Waals surface area contributed by atoms with E-state index in [9.17, 15) is 0 Å². The number of H-pyrrole nitrogens is 1. The molecule has 3 N–H and O–H groups in total. The van der Waals surface area contributed by atoms with Crippen molar-refractivity contribution in [3.63, 3.8) is 0 Å². The van der Waals surface area contributed by atoms with Crippen LogP contribution in [0.3, 0.4) is 0 Å². The van der Waals surface area contributed by atoms with Gasteiger partial charge in [0.25, 0.3) is 0 Å². The predicted molar refractivity (Wildman–Crippen MR) is 58.8 cm³/mol. The van der Waals surface area contributed by atoms with E-state index in [1.165, 1.54) is 0 Å². The first kappa shape index (κ1) is 10.1. The molecule has 2 heterocycles. The molecule has 1 aromatic heterocycles. The van der Waals surface area contributed by atoms with Crippen molar-refractivity contribution >= 4 is 5.69 Å². The van der Waals surface area contributed by atoms with Crippen molar-refractivity contribution in [2.24, 2.45) is 0 Å². The van der Waals surface area contributed by atoms with Crippen LogP contribution < -0.4 is 5.73 Å². The quantitative estimate of drug-likeness (QED) is 0.754. The lowest BCUT2D eigenvalue weighted by Crippen LogP contribution is -2.34. The number of nitrogen functional groups attached to an aromatic ring is 1. The molecule has 3 rings (SSSR count). The Morgan fingerprint density at radius 1 is 1.31 bits per heavy atom. The average molecular weight is 223 g/mol. The zero-order valence-electron chi connectivity index (χ0n) is 9.24. The molecule has 5 heteroatoms. The molecule has 0 aromatic carbocycles. The van der Waals surface area contributed by atoms with Gasteiger partial charge in [0.2, 0.25) is 0 Å². The molecule has 2 fully saturated rings. The maximum absolute atomic E-state index is 5.86. The highest BCUT2D eigenvalue weighted by atomic mass is 16.7. The summed E-state index contributed by atoms with van der Waals surface area (Å²) in [7, 11) is 0. The summed E-state index contributed by atoms with van der Waals surface area (Å²) in [5.74, 6) is 0.187. The van der Waals surface area contributed by atoms with Gasteiger partial charge in [-0.3, -0.25) is 5.10 Å². The molecule has 2 aliphatic rings. The molecule has 5 nitrogen and oxygen atoms in total. The van der Waals surface area contributed by atoms with Gasteiger partial charge < -0.3 is 15.2 Å². The summed E-state index contributed by atoms with van der Waals surface area (Å²) < 4.78 is 11.4. The average Bonchev–Trinajstić information content (AvgIpc) is 2.90. The third-order valence-corrected chi connectivity index (χ3v) is 3.67. The number of aromatic amines is 1. The van der Waals surface area contributed by atoms with Gasteiger partial charge in [-0.05, 0) is 12.8 Å². The highest BCUT2D eigenvalue weighted by Gasteiger charge is 2.41. The first-order chi connectivity index (χ1) is 7.79. The summed E-state index contributed by atoms with van der Waals surface area (Å²) in [6.45, 7) is 1.47. The third-order valence-electron chi connectivity index (χ3n) is 3.67. The Bertz CT molecular complexity index is 361. The minimum atomic E-state index is -0.286. The van der Waals surface area contributed by atoms with E-state index < -0.39 is 0 Å². The number of ether oxygens (including phenoxy) is 2. The fourth-order valence-electron chi connectivity index (χ4n) is 2.76. The Morgan fingerprint density at radius 2 is 2.00 bits per heavy atom. The van der Waals surface area contributed by atoms with E-state index in [0.29, 0.717) is 5.92 Å². The molecular weight excluding hydrogens is 206 g/mol.